The molecule has 2 rings (SSSR count). The van der Waals surface area contributed by atoms with Crippen molar-refractivity contribution in [1.82, 2.24) is 5.32 Å². The molecule has 156 valence electrons. The van der Waals surface area contributed by atoms with Gasteiger partial charge in [0.05, 0.1) is 19.3 Å². The number of nitrogens with one attached hydrogen (secondary N) is 1. The van der Waals surface area contributed by atoms with E-state index in [1.165, 1.54) is 7.11 Å². The molecule has 0 unspecified atom stereocenters. The first-order valence-corrected chi connectivity index (χ1v) is 9.78. The van der Waals surface area contributed by atoms with E-state index in [2.05, 4.69) is 19.2 Å². The van der Waals surface area contributed by atoms with E-state index in [1.807, 2.05) is 30.3 Å². The van der Waals surface area contributed by atoms with Crippen LogP contribution in [0.5, 0.6) is 11.5 Å². The zero-order valence-electron chi connectivity index (χ0n) is 17.3. The van der Waals surface area contributed by atoms with Crippen LogP contribution in [-0.4, -0.2) is 38.7 Å². The average Bonchev–Trinajstić information content (AvgIpc) is 2.72. The van der Waals surface area contributed by atoms with Gasteiger partial charge in [-0.25, -0.2) is 4.79 Å². The molecule has 29 heavy (non-hydrogen) atoms. The van der Waals surface area contributed by atoms with Crippen LogP contribution in [0.4, 0.5) is 0 Å². The van der Waals surface area contributed by atoms with Gasteiger partial charge in [0.1, 0.15) is 0 Å². The predicted molar refractivity (Wildman–Crippen MR) is 111 cm³/mol. The number of carbonyl (C=O) groups is 2. The maximum Gasteiger partial charge on any atom is 0.338 e. The zero-order chi connectivity index (χ0) is 21.1. The molecule has 2 aromatic rings. The number of ether oxygens (including phenoxy) is 3. The molecule has 0 aliphatic carbocycles. The fourth-order valence-electron chi connectivity index (χ4n) is 2.57. The van der Waals surface area contributed by atoms with Gasteiger partial charge in [-0.15, -0.1) is 0 Å². The molecule has 1 amide bonds. The molecule has 0 saturated heterocycles. The maximum absolute atomic E-state index is 12.2. The minimum Gasteiger partial charge on any atom is -0.493 e. The fourth-order valence-corrected chi connectivity index (χ4v) is 2.57. The van der Waals surface area contributed by atoms with Gasteiger partial charge in [0, 0.05) is 6.54 Å². The van der Waals surface area contributed by atoms with Gasteiger partial charge in [0.25, 0.3) is 5.91 Å². The third-order valence-corrected chi connectivity index (χ3v) is 4.27. The Labute approximate surface area is 172 Å². The fraction of sp³-hybridized carbons (Fsp3) is 0.391. The summed E-state index contributed by atoms with van der Waals surface area (Å²) in [5.41, 5.74) is 1.43. The number of hydrogen-bond donors (Lipinski definition) is 1. The molecular weight excluding hydrogens is 370 g/mol. The lowest BCUT2D eigenvalue weighted by molar-refractivity contribution is -0.124. The van der Waals surface area contributed by atoms with Crippen LogP contribution in [0.2, 0.25) is 0 Å². The molecule has 0 aromatic heterocycles. The Morgan fingerprint density at radius 2 is 1.79 bits per heavy atom. The van der Waals surface area contributed by atoms with Crippen LogP contribution < -0.4 is 14.8 Å². The monoisotopic (exact) mass is 399 g/mol. The van der Waals surface area contributed by atoms with Gasteiger partial charge in [-0.2, -0.15) is 0 Å². The smallest absolute Gasteiger partial charge is 0.338 e. The summed E-state index contributed by atoms with van der Waals surface area (Å²) >= 11 is 0. The van der Waals surface area contributed by atoms with Gasteiger partial charge in [-0.3, -0.25) is 4.79 Å². The zero-order valence-corrected chi connectivity index (χ0v) is 17.3. The summed E-state index contributed by atoms with van der Waals surface area (Å²) in [6, 6.07) is 14.7. The van der Waals surface area contributed by atoms with Crippen LogP contribution in [0.25, 0.3) is 0 Å². The molecule has 1 N–H and O–H groups in total. The first-order chi connectivity index (χ1) is 14.0. The molecular formula is C23H29NO5. The second-order valence-electron chi connectivity index (χ2n) is 7.06. The quantitative estimate of drug-likeness (QED) is 0.584. The minimum absolute atomic E-state index is 0.301. The summed E-state index contributed by atoms with van der Waals surface area (Å²) in [7, 11) is 1.51. The van der Waals surface area contributed by atoms with E-state index < -0.39 is 5.97 Å². The highest BCUT2D eigenvalue weighted by Gasteiger charge is 2.14. The number of benzene rings is 2. The maximum atomic E-state index is 12.2. The minimum atomic E-state index is -0.588. The Hall–Kier alpha value is -3.02. The molecule has 0 radical (unpaired) electrons. The molecule has 0 heterocycles. The van der Waals surface area contributed by atoms with Crippen molar-refractivity contribution in [2.75, 3.05) is 26.9 Å². The van der Waals surface area contributed by atoms with E-state index in [1.54, 1.807) is 18.2 Å². The van der Waals surface area contributed by atoms with E-state index in [-0.39, 0.29) is 12.5 Å². The molecule has 0 fully saturated rings. The topological polar surface area (TPSA) is 73.9 Å². The number of hydrogen-bond acceptors (Lipinski definition) is 5. The van der Waals surface area contributed by atoms with Crippen molar-refractivity contribution in [3.05, 3.63) is 59.7 Å². The molecule has 0 aliphatic rings. The molecule has 2 aromatic carbocycles. The first kappa shape index (κ1) is 22.3. The second-order valence-corrected chi connectivity index (χ2v) is 7.06. The van der Waals surface area contributed by atoms with Crippen LogP contribution in [-0.2, 0) is 16.0 Å². The van der Waals surface area contributed by atoms with Gasteiger partial charge in [0.15, 0.2) is 18.1 Å². The van der Waals surface area contributed by atoms with Gasteiger partial charge in [0.2, 0.25) is 0 Å². The van der Waals surface area contributed by atoms with E-state index in [9.17, 15) is 9.59 Å². The summed E-state index contributed by atoms with van der Waals surface area (Å²) in [6.07, 6.45) is 1.64. The van der Waals surface area contributed by atoms with Crippen molar-refractivity contribution >= 4 is 11.9 Å². The SMILES string of the molecule is COc1cc(C(=O)OCC(=O)NCCc2ccccc2)ccc1OCCC(C)C. The Morgan fingerprint density at radius 3 is 2.48 bits per heavy atom. The highest BCUT2D eigenvalue weighted by atomic mass is 16.5. The van der Waals surface area contributed by atoms with Crippen molar-refractivity contribution in [3.8, 4) is 11.5 Å². The third-order valence-electron chi connectivity index (χ3n) is 4.27. The summed E-state index contributed by atoms with van der Waals surface area (Å²) in [5, 5.41) is 2.74. The van der Waals surface area contributed by atoms with E-state index >= 15 is 0 Å². The van der Waals surface area contributed by atoms with Crippen LogP contribution in [0.1, 0.15) is 36.2 Å². The molecule has 0 aliphatic heterocycles. The van der Waals surface area contributed by atoms with E-state index in [4.69, 9.17) is 14.2 Å². The lowest BCUT2D eigenvalue weighted by atomic mass is 10.1. The van der Waals surface area contributed by atoms with Crippen molar-refractivity contribution in [1.29, 1.82) is 0 Å². The molecule has 0 spiro atoms. The van der Waals surface area contributed by atoms with Gasteiger partial charge in [-0.05, 0) is 42.5 Å². The Morgan fingerprint density at radius 1 is 1.03 bits per heavy atom. The van der Waals surface area contributed by atoms with Gasteiger partial charge >= 0.3 is 5.97 Å². The predicted octanol–water partition coefficient (Wildman–Crippen LogP) is 3.64. The molecule has 0 atom stereocenters. The van der Waals surface area contributed by atoms with E-state index in [0.717, 1.165) is 18.4 Å². The van der Waals surface area contributed by atoms with Crippen molar-refractivity contribution in [2.24, 2.45) is 5.92 Å². The van der Waals surface area contributed by atoms with Crippen molar-refractivity contribution in [2.45, 2.75) is 26.7 Å². The highest BCUT2D eigenvalue weighted by molar-refractivity contribution is 5.92. The van der Waals surface area contributed by atoms with Gasteiger partial charge in [-0.1, -0.05) is 44.2 Å². The number of amides is 1. The summed E-state index contributed by atoms with van der Waals surface area (Å²) < 4.78 is 16.1. The Balaban J connectivity index is 1.79. The lowest BCUT2D eigenvalue weighted by Gasteiger charge is -2.13. The van der Waals surface area contributed by atoms with Crippen molar-refractivity contribution < 1.29 is 23.8 Å². The lowest BCUT2D eigenvalue weighted by Crippen LogP contribution is -2.30. The van der Waals surface area contributed by atoms with Crippen LogP contribution in [0, 0.1) is 5.92 Å². The molecule has 6 heteroatoms. The van der Waals surface area contributed by atoms with Crippen LogP contribution in [0.3, 0.4) is 0 Å². The standard InChI is InChI=1S/C23H29NO5/c1-17(2)12-14-28-20-10-9-19(15-21(20)27-3)23(26)29-16-22(25)24-13-11-18-7-5-4-6-8-18/h4-10,15,17H,11-14,16H2,1-3H3,(H,24,25). The number of rotatable bonds is 11. The van der Waals surface area contributed by atoms with Gasteiger partial charge < -0.3 is 19.5 Å². The van der Waals surface area contributed by atoms with E-state index in [0.29, 0.717) is 36.1 Å². The Bertz CT molecular complexity index is 789. The van der Waals surface area contributed by atoms with Crippen LogP contribution in [0.15, 0.2) is 48.5 Å². The largest absolute Gasteiger partial charge is 0.493 e. The molecule has 0 saturated carbocycles. The summed E-state index contributed by atoms with van der Waals surface area (Å²) in [6.45, 7) is 4.97. The Kier molecular flexibility index (Phi) is 9.02. The molecule has 6 nitrogen and oxygen atoms in total. The highest BCUT2D eigenvalue weighted by Crippen LogP contribution is 2.28. The third kappa shape index (κ3) is 7.86. The van der Waals surface area contributed by atoms with Crippen LogP contribution >= 0.6 is 0 Å². The first-order valence-electron chi connectivity index (χ1n) is 9.78. The number of methoxy groups -OCH3 is 1. The normalized spacial score (nSPS) is 10.5. The second kappa shape index (κ2) is 11.7. The van der Waals surface area contributed by atoms with Crippen molar-refractivity contribution in [3.63, 3.8) is 0 Å². The average molecular weight is 399 g/mol. The number of esters is 1. The molecule has 0 bridgehead atoms. The number of carbonyl (C=O) groups excluding carboxylic acids is 2. The summed E-state index contributed by atoms with van der Waals surface area (Å²) in [5.74, 6) is 0.637. The summed E-state index contributed by atoms with van der Waals surface area (Å²) in [4.78, 5) is 24.1.